The third-order valence-electron chi connectivity index (χ3n) is 2.83. The highest BCUT2D eigenvalue weighted by atomic mass is 16.5. The number of ether oxygens (including phenoxy) is 1. The van der Waals surface area contributed by atoms with Crippen molar-refractivity contribution in [2.75, 3.05) is 13.2 Å². The van der Waals surface area contributed by atoms with Crippen LogP contribution in [0.4, 0.5) is 0 Å². The molecule has 4 heteroatoms. The lowest BCUT2D eigenvalue weighted by atomic mass is 10.0. The maximum absolute atomic E-state index is 11.5. The van der Waals surface area contributed by atoms with Crippen molar-refractivity contribution in [2.24, 2.45) is 5.73 Å². The number of carbonyl (C=O) groups excluding carboxylic acids is 1. The van der Waals surface area contributed by atoms with Gasteiger partial charge in [-0.2, -0.15) is 0 Å². The lowest BCUT2D eigenvalue weighted by Crippen LogP contribution is -2.46. The van der Waals surface area contributed by atoms with Gasteiger partial charge in [-0.25, -0.2) is 0 Å². The van der Waals surface area contributed by atoms with Gasteiger partial charge in [0.25, 0.3) is 0 Å². The summed E-state index contributed by atoms with van der Waals surface area (Å²) >= 11 is 0. The molecule has 0 aliphatic rings. The van der Waals surface area contributed by atoms with Crippen molar-refractivity contribution in [2.45, 2.75) is 58.5 Å². The van der Waals surface area contributed by atoms with Gasteiger partial charge in [0, 0.05) is 11.1 Å². The number of carbonyl (C=O) groups is 1. The molecular weight excluding hydrogens is 204 g/mol. The molecule has 96 valence electrons. The second kappa shape index (κ2) is 6.21. The van der Waals surface area contributed by atoms with Crippen LogP contribution in [0.1, 0.15) is 47.5 Å². The largest absolute Gasteiger partial charge is 0.370 e. The van der Waals surface area contributed by atoms with Crippen molar-refractivity contribution in [3.8, 4) is 0 Å². The second-order valence-corrected chi connectivity index (χ2v) is 5.29. The average Bonchev–Trinajstić information content (AvgIpc) is 2.17. The summed E-state index contributed by atoms with van der Waals surface area (Å²) in [5.41, 5.74) is 5.38. The molecule has 0 heterocycles. The van der Waals surface area contributed by atoms with Crippen molar-refractivity contribution in [3.05, 3.63) is 0 Å². The number of hydrogen-bond donors (Lipinski definition) is 2. The number of nitrogens with two attached hydrogens (primary N) is 1. The van der Waals surface area contributed by atoms with E-state index in [-0.39, 0.29) is 23.6 Å². The number of amides is 1. The second-order valence-electron chi connectivity index (χ2n) is 5.29. The molecule has 0 aromatic carbocycles. The Bertz CT molecular complexity index is 225. The van der Waals surface area contributed by atoms with Crippen molar-refractivity contribution >= 4 is 5.91 Å². The van der Waals surface area contributed by atoms with Crippen LogP contribution in [-0.2, 0) is 9.53 Å². The van der Waals surface area contributed by atoms with Crippen LogP contribution in [0.2, 0.25) is 0 Å². The summed E-state index contributed by atoms with van der Waals surface area (Å²) in [5, 5.41) is 2.91. The van der Waals surface area contributed by atoms with Crippen LogP contribution in [-0.4, -0.2) is 30.2 Å². The average molecular weight is 230 g/mol. The summed E-state index contributed by atoms with van der Waals surface area (Å²) in [7, 11) is 0. The van der Waals surface area contributed by atoms with Crippen LogP contribution in [0.25, 0.3) is 0 Å². The van der Waals surface area contributed by atoms with Crippen LogP contribution >= 0.6 is 0 Å². The monoisotopic (exact) mass is 230 g/mol. The summed E-state index contributed by atoms with van der Waals surface area (Å²) in [4.78, 5) is 11.5. The Hall–Kier alpha value is -0.610. The molecule has 0 aromatic rings. The van der Waals surface area contributed by atoms with E-state index in [0.717, 1.165) is 12.8 Å². The summed E-state index contributed by atoms with van der Waals surface area (Å²) in [6.07, 6.45) is 1.72. The minimum Gasteiger partial charge on any atom is -0.370 e. The smallest absolute Gasteiger partial charge is 0.246 e. The maximum Gasteiger partial charge on any atom is 0.246 e. The first-order valence-electron chi connectivity index (χ1n) is 5.90. The van der Waals surface area contributed by atoms with E-state index in [1.54, 1.807) is 0 Å². The Morgan fingerprint density at radius 1 is 1.25 bits per heavy atom. The summed E-state index contributed by atoms with van der Waals surface area (Å²) in [6.45, 7) is 10.4. The quantitative estimate of drug-likeness (QED) is 0.695. The van der Waals surface area contributed by atoms with Gasteiger partial charge < -0.3 is 15.8 Å². The van der Waals surface area contributed by atoms with Gasteiger partial charge in [-0.05, 0) is 33.6 Å². The maximum atomic E-state index is 11.5. The highest BCUT2D eigenvalue weighted by molar-refractivity contribution is 5.77. The standard InChI is InChI=1S/C12H26N2O2/c1-6-11(3,4)14-10(15)8-16-9-12(5,13)7-2/h6-9,13H2,1-5H3,(H,14,15). The highest BCUT2D eigenvalue weighted by Crippen LogP contribution is 2.07. The molecule has 0 aliphatic carbocycles. The number of nitrogens with one attached hydrogen (secondary N) is 1. The summed E-state index contributed by atoms with van der Waals surface area (Å²) in [6, 6.07) is 0. The molecule has 0 fully saturated rings. The van der Waals surface area contributed by atoms with E-state index in [9.17, 15) is 4.79 Å². The normalized spacial score (nSPS) is 15.6. The van der Waals surface area contributed by atoms with Crippen LogP contribution in [0.5, 0.6) is 0 Å². The van der Waals surface area contributed by atoms with Gasteiger partial charge >= 0.3 is 0 Å². The first kappa shape index (κ1) is 15.4. The zero-order valence-electron chi connectivity index (χ0n) is 11.2. The van der Waals surface area contributed by atoms with Gasteiger partial charge in [0.2, 0.25) is 5.91 Å². The molecule has 1 unspecified atom stereocenters. The van der Waals surface area contributed by atoms with Gasteiger partial charge in [0.05, 0.1) is 6.61 Å². The Balaban J connectivity index is 3.83. The number of hydrogen-bond acceptors (Lipinski definition) is 3. The van der Waals surface area contributed by atoms with Crippen molar-refractivity contribution < 1.29 is 9.53 Å². The molecule has 0 bridgehead atoms. The summed E-state index contributed by atoms with van der Waals surface area (Å²) < 4.78 is 5.30. The van der Waals surface area contributed by atoms with Crippen molar-refractivity contribution in [1.29, 1.82) is 0 Å². The molecule has 3 N–H and O–H groups in total. The van der Waals surface area contributed by atoms with Crippen LogP contribution < -0.4 is 11.1 Å². The summed E-state index contributed by atoms with van der Waals surface area (Å²) in [5.74, 6) is -0.0845. The van der Waals surface area contributed by atoms with Crippen LogP contribution in [0, 0.1) is 0 Å². The van der Waals surface area contributed by atoms with Crippen molar-refractivity contribution in [3.63, 3.8) is 0 Å². The first-order chi connectivity index (χ1) is 7.22. The molecular formula is C12H26N2O2. The van der Waals surface area contributed by atoms with Crippen LogP contribution in [0.3, 0.4) is 0 Å². The molecule has 16 heavy (non-hydrogen) atoms. The molecule has 0 rings (SSSR count). The van der Waals surface area contributed by atoms with Gasteiger partial charge in [0.15, 0.2) is 0 Å². The van der Waals surface area contributed by atoms with Crippen molar-refractivity contribution in [1.82, 2.24) is 5.32 Å². The fourth-order valence-corrected chi connectivity index (χ4v) is 0.981. The van der Waals surface area contributed by atoms with E-state index >= 15 is 0 Å². The Morgan fingerprint density at radius 3 is 2.25 bits per heavy atom. The minimum absolute atomic E-state index is 0.0796. The zero-order valence-corrected chi connectivity index (χ0v) is 11.2. The molecule has 1 amide bonds. The third kappa shape index (κ3) is 6.80. The van der Waals surface area contributed by atoms with Gasteiger partial charge in [0.1, 0.15) is 6.61 Å². The predicted molar refractivity (Wildman–Crippen MR) is 66.2 cm³/mol. The highest BCUT2D eigenvalue weighted by Gasteiger charge is 2.19. The molecule has 0 saturated heterocycles. The lowest BCUT2D eigenvalue weighted by molar-refractivity contribution is -0.127. The molecule has 0 radical (unpaired) electrons. The Kier molecular flexibility index (Phi) is 5.97. The van der Waals surface area contributed by atoms with E-state index in [2.05, 4.69) is 5.32 Å². The Labute approximate surface area is 98.9 Å². The molecule has 0 aliphatic heterocycles. The first-order valence-corrected chi connectivity index (χ1v) is 5.90. The SMILES string of the molecule is CCC(C)(N)COCC(=O)NC(C)(C)CC. The predicted octanol–water partition coefficient (Wildman–Crippen LogP) is 1.44. The van der Waals surface area contributed by atoms with Crippen LogP contribution in [0.15, 0.2) is 0 Å². The minimum atomic E-state index is -0.347. The molecule has 0 spiro atoms. The zero-order chi connectivity index (χ0) is 12.8. The topological polar surface area (TPSA) is 64.3 Å². The molecule has 0 aromatic heterocycles. The van der Waals surface area contributed by atoms with Gasteiger partial charge in [-0.3, -0.25) is 4.79 Å². The fourth-order valence-electron chi connectivity index (χ4n) is 0.981. The lowest BCUT2D eigenvalue weighted by Gasteiger charge is -2.25. The molecule has 1 atom stereocenters. The van der Waals surface area contributed by atoms with E-state index in [1.807, 2.05) is 34.6 Å². The fraction of sp³-hybridized carbons (Fsp3) is 0.917. The number of rotatable bonds is 7. The molecule has 4 nitrogen and oxygen atoms in total. The Morgan fingerprint density at radius 2 is 1.81 bits per heavy atom. The van der Waals surface area contributed by atoms with E-state index in [4.69, 9.17) is 10.5 Å². The van der Waals surface area contributed by atoms with E-state index in [1.165, 1.54) is 0 Å². The van der Waals surface area contributed by atoms with E-state index in [0.29, 0.717) is 6.61 Å². The molecule has 0 saturated carbocycles. The van der Waals surface area contributed by atoms with Gasteiger partial charge in [-0.15, -0.1) is 0 Å². The van der Waals surface area contributed by atoms with Gasteiger partial charge in [-0.1, -0.05) is 13.8 Å². The van der Waals surface area contributed by atoms with E-state index < -0.39 is 0 Å². The third-order valence-corrected chi connectivity index (χ3v) is 2.83.